The summed E-state index contributed by atoms with van der Waals surface area (Å²) in [5, 5.41) is 8.19. The van der Waals surface area contributed by atoms with Gasteiger partial charge in [0, 0.05) is 50.3 Å². The van der Waals surface area contributed by atoms with E-state index in [1.165, 1.54) is 49.3 Å². The second-order valence-electron chi connectivity index (χ2n) is 11.0. The van der Waals surface area contributed by atoms with Crippen molar-refractivity contribution in [3.05, 3.63) is 71.0 Å². The number of aryl methyl sites for hydroxylation is 1. The van der Waals surface area contributed by atoms with E-state index >= 15 is 0 Å². The summed E-state index contributed by atoms with van der Waals surface area (Å²) in [7, 11) is 2.13. The molecule has 39 heavy (non-hydrogen) atoms. The molecule has 2 aromatic carbocycles. The fourth-order valence-electron chi connectivity index (χ4n) is 6.05. The summed E-state index contributed by atoms with van der Waals surface area (Å²) >= 11 is 6.00. The molecule has 1 saturated heterocycles. The Labute approximate surface area is 236 Å². The first-order chi connectivity index (χ1) is 18.9. The molecule has 0 atom stereocenters. The molecule has 1 aliphatic heterocycles. The highest BCUT2D eigenvalue weighted by atomic mass is 35.5. The summed E-state index contributed by atoms with van der Waals surface area (Å²) in [6.45, 7) is 10.7. The van der Waals surface area contributed by atoms with Crippen LogP contribution >= 0.6 is 11.6 Å². The smallest absolute Gasteiger partial charge is 0.141 e. The van der Waals surface area contributed by atoms with Crippen molar-refractivity contribution in [3.8, 4) is 0 Å². The lowest BCUT2D eigenvalue weighted by Gasteiger charge is -2.38. The van der Waals surface area contributed by atoms with Crippen molar-refractivity contribution in [2.24, 2.45) is 5.92 Å². The Kier molecular flexibility index (Phi) is 8.88. The molecule has 6 nitrogen and oxygen atoms in total. The lowest BCUT2D eigenvalue weighted by molar-refractivity contribution is 0.180. The zero-order chi connectivity index (χ0) is 27.4. The van der Waals surface area contributed by atoms with Crippen LogP contribution in [0.25, 0.3) is 10.9 Å². The van der Waals surface area contributed by atoms with Gasteiger partial charge in [0.15, 0.2) is 0 Å². The monoisotopic (exact) mass is 550 g/mol. The van der Waals surface area contributed by atoms with Gasteiger partial charge in [-0.1, -0.05) is 25.1 Å². The quantitative estimate of drug-likeness (QED) is 0.316. The van der Waals surface area contributed by atoms with Gasteiger partial charge in [0.25, 0.3) is 0 Å². The molecule has 8 heteroatoms. The van der Waals surface area contributed by atoms with Gasteiger partial charge in [-0.3, -0.25) is 0 Å². The minimum atomic E-state index is -0.435. The second kappa shape index (κ2) is 12.5. The number of hydrogen-bond donors (Lipinski definition) is 2. The number of hydrogen-bond acceptors (Lipinski definition) is 6. The third-order valence-electron chi connectivity index (χ3n) is 8.42. The Hall–Kier alpha value is -2.90. The highest BCUT2D eigenvalue weighted by Crippen LogP contribution is 2.32. The van der Waals surface area contributed by atoms with Gasteiger partial charge in [-0.2, -0.15) is 0 Å². The van der Waals surface area contributed by atoms with E-state index in [-0.39, 0.29) is 5.02 Å². The van der Waals surface area contributed by atoms with Gasteiger partial charge < -0.3 is 20.4 Å². The van der Waals surface area contributed by atoms with E-state index in [1.54, 1.807) is 18.5 Å². The first kappa shape index (κ1) is 27.7. The van der Waals surface area contributed by atoms with Crippen LogP contribution in [0.15, 0.2) is 49.1 Å². The molecule has 0 spiro atoms. The molecule has 1 aliphatic carbocycles. The maximum atomic E-state index is 13.6. The van der Waals surface area contributed by atoms with Gasteiger partial charge in [-0.25, -0.2) is 14.4 Å². The van der Waals surface area contributed by atoms with E-state index in [0.717, 1.165) is 55.7 Å². The third kappa shape index (κ3) is 6.64. The number of rotatable bonds is 9. The minimum absolute atomic E-state index is 0.0852. The highest BCUT2D eigenvalue weighted by Gasteiger charge is 2.23. The lowest BCUT2D eigenvalue weighted by Crippen LogP contribution is -2.44. The molecule has 0 radical (unpaired) electrons. The number of nitrogens with zero attached hydrogens (tertiary/aromatic N) is 4. The first-order valence-corrected chi connectivity index (χ1v) is 14.7. The van der Waals surface area contributed by atoms with Gasteiger partial charge in [0.1, 0.15) is 18.0 Å². The van der Waals surface area contributed by atoms with Crippen LogP contribution in [0.4, 0.5) is 15.9 Å². The van der Waals surface area contributed by atoms with Crippen LogP contribution in [0.2, 0.25) is 5.02 Å². The SMILES string of the molecule is C=C1N(C)CCCN1CCNC1CCC(Cc2cc3c(Nc4ccc(F)c(Cl)c4)ncnc3cc2CC)CC1. The van der Waals surface area contributed by atoms with Gasteiger partial charge in [0.2, 0.25) is 0 Å². The number of benzene rings is 2. The van der Waals surface area contributed by atoms with Crippen LogP contribution in [0, 0.1) is 11.7 Å². The van der Waals surface area contributed by atoms with Gasteiger partial charge >= 0.3 is 0 Å². The van der Waals surface area contributed by atoms with Crippen molar-refractivity contribution in [3.63, 3.8) is 0 Å². The van der Waals surface area contributed by atoms with E-state index < -0.39 is 5.82 Å². The standard InChI is InChI=1S/C31H40ClFN6/c1-4-23-18-30-27(31(36-20-35-30)37-26-10-11-29(33)28(32)19-26)17-24(23)16-22-6-8-25(9-7-22)34-12-15-39-14-5-13-38(3)21(39)2/h10-11,17-20,22,25,34H,2,4-9,12-16H2,1,3H3,(H,35,36,37). The van der Waals surface area contributed by atoms with E-state index in [2.05, 4.69) is 63.1 Å². The molecule has 2 N–H and O–H groups in total. The third-order valence-corrected chi connectivity index (χ3v) is 8.71. The first-order valence-electron chi connectivity index (χ1n) is 14.3. The molecule has 2 heterocycles. The van der Waals surface area contributed by atoms with Crippen LogP contribution in [0.3, 0.4) is 0 Å². The average molecular weight is 551 g/mol. The van der Waals surface area contributed by atoms with Crippen LogP contribution < -0.4 is 10.6 Å². The molecule has 208 valence electrons. The predicted octanol–water partition coefficient (Wildman–Crippen LogP) is 6.53. The van der Waals surface area contributed by atoms with Crippen molar-refractivity contribution in [1.82, 2.24) is 25.1 Å². The highest BCUT2D eigenvalue weighted by molar-refractivity contribution is 6.31. The molecule has 0 unspecified atom stereocenters. The summed E-state index contributed by atoms with van der Waals surface area (Å²) in [5.41, 5.74) is 4.34. The molecule has 2 aliphatic rings. The Bertz CT molecular complexity index is 1310. The number of fused-ring (bicyclic) bond motifs is 1. The van der Waals surface area contributed by atoms with E-state index in [4.69, 9.17) is 11.6 Å². The molecule has 0 amide bonds. The summed E-state index contributed by atoms with van der Waals surface area (Å²) in [6, 6.07) is 9.68. The summed E-state index contributed by atoms with van der Waals surface area (Å²) in [6.07, 6.45) is 9.75. The Morgan fingerprint density at radius 2 is 1.90 bits per heavy atom. The zero-order valence-electron chi connectivity index (χ0n) is 23.1. The minimum Gasteiger partial charge on any atom is -0.362 e. The van der Waals surface area contributed by atoms with Crippen molar-refractivity contribution in [2.75, 3.05) is 38.5 Å². The van der Waals surface area contributed by atoms with Crippen LogP contribution in [0.5, 0.6) is 0 Å². The van der Waals surface area contributed by atoms with Crippen molar-refractivity contribution in [1.29, 1.82) is 0 Å². The largest absolute Gasteiger partial charge is 0.362 e. The summed E-state index contributed by atoms with van der Waals surface area (Å²) in [5.74, 6) is 2.11. The maximum Gasteiger partial charge on any atom is 0.141 e. The van der Waals surface area contributed by atoms with Crippen LogP contribution in [-0.2, 0) is 12.8 Å². The molecule has 1 aromatic heterocycles. The summed E-state index contributed by atoms with van der Waals surface area (Å²) < 4.78 is 13.6. The number of aromatic nitrogens is 2. The van der Waals surface area contributed by atoms with E-state index in [9.17, 15) is 4.39 Å². The Balaban J connectivity index is 1.20. The van der Waals surface area contributed by atoms with Crippen molar-refractivity contribution < 1.29 is 4.39 Å². The molecule has 5 rings (SSSR count). The fourth-order valence-corrected chi connectivity index (χ4v) is 6.23. The van der Waals surface area contributed by atoms with Gasteiger partial charge in [-0.05, 0) is 92.3 Å². The number of anilines is 2. The van der Waals surface area contributed by atoms with E-state index in [1.807, 2.05) is 0 Å². The van der Waals surface area contributed by atoms with Crippen LogP contribution in [0.1, 0.15) is 50.2 Å². The normalized spacial score (nSPS) is 20.1. The van der Waals surface area contributed by atoms with E-state index in [0.29, 0.717) is 23.5 Å². The lowest BCUT2D eigenvalue weighted by atomic mass is 9.81. The molecule has 0 bridgehead atoms. The molecule has 3 aromatic rings. The fraction of sp³-hybridized carbons (Fsp3) is 0.484. The average Bonchev–Trinajstić information content (AvgIpc) is 2.94. The molecular formula is C31H40ClFN6. The van der Waals surface area contributed by atoms with Gasteiger partial charge in [-0.15, -0.1) is 0 Å². The predicted molar refractivity (Wildman–Crippen MR) is 159 cm³/mol. The van der Waals surface area contributed by atoms with Crippen molar-refractivity contribution >= 4 is 34.0 Å². The van der Waals surface area contributed by atoms with Gasteiger partial charge in [0.05, 0.1) is 16.4 Å². The zero-order valence-corrected chi connectivity index (χ0v) is 23.9. The van der Waals surface area contributed by atoms with Crippen molar-refractivity contribution in [2.45, 2.75) is 57.9 Å². The van der Waals surface area contributed by atoms with Crippen LogP contribution in [-0.4, -0.2) is 59.0 Å². The second-order valence-corrected chi connectivity index (χ2v) is 11.4. The Morgan fingerprint density at radius 3 is 2.67 bits per heavy atom. The topological polar surface area (TPSA) is 56.3 Å². The molecule has 2 fully saturated rings. The molecule has 1 saturated carbocycles. The summed E-state index contributed by atoms with van der Waals surface area (Å²) in [4.78, 5) is 13.7. The number of halogens is 2. The molecular weight excluding hydrogens is 511 g/mol. The Morgan fingerprint density at radius 1 is 1.08 bits per heavy atom. The maximum absolute atomic E-state index is 13.6. The number of nitrogens with one attached hydrogen (secondary N) is 2.